The maximum absolute atomic E-state index is 14.3. The molecule has 20 heteroatoms. The van der Waals surface area contributed by atoms with Crippen LogP contribution in [-0.2, 0) is 66.8 Å². The van der Waals surface area contributed by atoms with Crippen LogP contribution in [0.3, 0.4) is 0 Å². The molecule has 0 radical (unpaired) electrons. The SMILES string of the molecule is CCCCCCCCCCCCCC(=O)OC[C@H](CSC[C@H](NC(=O)OCC1c2ccccc2-c2ccccc21)C(=O)NCC(=O)N[C@@H](CCC(=O)OC(C)(C)C)C(=O)N[C@@H](CCC(=O)OC(C)(C)C)C(=O)OC(C)(C)C)OC(=O)CCCCCCCCCCCCC. The molecule has 1 aliphatic rings. The summed E-state index contributed by atoms with van der Waals surface area (Å²) in [7, 11) is 0. The van der Waals surface area contributed by atoms with Crippen molar-refractivity contribution < 1.29 is 71.6 Å². The Labute approximate surface area is 560 Å². The average Bonchev–Trinajstić information content (AvgIpc) is 1.62. The van der Waals surface area contributed by atoms with E-state index in [0.717, 1.165) is 72.5 Å². The molecule has 3 rings (SSSR count). The first-order valence-electron chi connectivity index (χ1n) is 34.8. The number of ether oxygens (including phenoxy) is 6. The molecule has 0 spiro atoms. The van der Waals surface area contributed by atoms with E-state index in [9.17, 15) is 43.2 Å². The van der Waals surface area contributed by atoms with Crippen molar-refractivity contribution in [2.24, 2.45) is 0 Å². The second-order valence-electron chi connectivity index (χ2n) is 27.6. The third-order valence-corrected chi connectivity index (χ3v) is 16.6. The monoisotopic (exact) mass is 1320 g/mol. The third-order valence-electron chi connectivity index (χ3n) is 15.4. The van der Waals surface area contributed by atoms with E-state index in [1.807, 2.05) is 48.5 Å². The lowest BCUT2D eigenvalue weighted by Gasteiger charge is -2.27. The molecule has 0 bridgehead atoms. The Morgan fingerprint density at radius 2 is 0.892 bits per heavy atom. The number of hydrogen-bond acceptors (Lipinski definition) is 16. The molecular formula is C73H116N4O15S. The second kappa shape index (κ2) is 44.5. The van der Waals surface area contributed by atoms with Crippen molar-refractivity contribution >= 4 is 65.4 Å². The van der Waals surface area contributed by atoms with Gasteiger partial charge in [0, 0.05) is 43.1 Å². The molecule has 19 nitrogen and oxygen atoms in total. The number of nitrogens with one attached hydrogen (secondary N) is 4. The van der Waals surface area contributed by atoms with Crippen LogP contribution in [0.15, 0.2) is 48.5 Å². The van der Waals surface area contributed by atoms with Gasteiger partial charge in [-0.25, -0.2) is 9.59 Å². The highest BCUT2D eigenvalue weighted by Gasteiger charge is 2.34. The summed E-state index contributed by atoms with van der Waals surface area (Å²) in [5.41, 5.74) is 1.32. The number of unbranched alkanes of at least 4 members (excludes halogenated alkanes) is 20. The number of amides is 4. The molecule has 4 atom stereocenters. The molecule has 4 N–H and O–H groups in total. The van der Waals surface area contributed by atoms with E-state index in [2.05, 4.69) is 35.1 Å². The number of esters is 5. The predicted octanol–water partition coefficient (Wildman–Crippen LogP) is 14.2. The maximum atomic E-state index is 14.3. The Kier molecular flexibility index (Phi) is 38.8. The van der Waals surface area contributed by atoms with E-state index in [-0.39, 0.29) is 69.2 Å². The Morgan fingerprint density at radius 1 is 0.452 bits per heavy atom. The van der Waals surface area contributed by atoms with Crippen molar-refractivity contribution in [1.29, 1.82) is 0 Å². The first-order chi connectivity index (χ1) is 44.2. The van der Waals surface area contributed by atoms with Gasteiger partial charge in [-0.2, -0.15) is 11.8 Å². The van der Waals surface area contributed by atoms with Crippen LogP contribution >= 0.6 is 11.8 Å². The van der Waals surface area contributed by atoms with Gasteiger partial charge in [0.1, 0.15) is 54.2 Å². The number of alkyl carbamates (subject to hydrolysis) is 1. The number of carbonyl (C=O) groups is 9. The zero-order valence-corrected chi connectivity index (χ0v) is 59.2. The van der Waals surface area contributed by atoms with E-state index in [1.165, 1.54) is 89.9 Å². The molecule has 1 aliphatic carbocycles. The number of hydrogen-bond donors (Lipinski definition) is 4. The van der Waals surface area contributed by atoms with Crippen molar-refractivity contribution in [1.82, 2.24) is 21.3 Å². The topological polar surface area (TPSA) is 257 Å². The molecule has 2 aromatic rings. The fourth-order valence-electron chi connectivity index (χ4n) is 10.8. The molecule has 2 aromatic carbocycles. The first-order valence-corrected chi connectivity index (χ1v) is 35.9. The molecule has 524 valence electrons. The van der Waals surface area contributed by atoms with Crippen LogP contribution in [0, 0.1) is 0 Å². The minimum absolute atomic E-state index is 0.0615. The molecule has 4 amide bonds. The number of benzene rings is 2. The average molecular weight is 1320 g/mol. The quantitative estimate of drug-likeness (QED) is 0.0273. The number of carbonyl (C=O) groups excluding carboxylic acids is 9. The molecule has 0 aliphatic heterocycles. The fourth-order valence-corrected chi connectivity index (χ4v) is 11.8. The van der Waals surface area contributed by atoms with Gasteiger partial charge in [-0.15, -0.1) is 0 Å². The van der Waals surface area contributed by atoms with E-state index >= 15 is 0 Å². The summed E-state index contributed by atoms with van der Waals surface area (Å²) in [5.74, 6) is -5.90. The summed E-state index contributed by atoms with van der Waals surface area (Å²) < 4.78 is 34.1. The van der Waals surface area contributed by atoms with Gasteiger partial charge in [0.25, 0.3) is 0 Å². The summed E-state index contributed by atoms with van der Waals surface area (Å²) in [6.07, 6.45) is 22.3. The van der Waals surface area contributed by atoms with Crippen molar-refractivity contribution in [3.8, 4) is 11.1 Å². The van der Waals surface area contributed by atoms with Crippen molar-refractivity contribution in [2.75, 3.05) is 31.3 Å². The Bertz CT molecular complexity index is 2550. The largest absolute Gasteiger partial charge is 0.462 e. The van der Waals surface area contributed by atoms with Crippen LogP contribution in [0.2, 0.25) is 0 Å². The molecule has 0 saturated heterocycles. The van der Waals surface area contributed by atoms with Gasteiger partial charge in [-0.05, 0) is 110 Å². The van der Waals surface area contributed by atoms with Crippen LogP contribution in [0.1, 0.15) is 273 Å². The molecular weight excluding hydrogens is 1200 g/mol. The number of rotatable bonds is 47. The van der Waals surface area contributed by atoms with Gasteiger partial charge in [-0.1, -0.05) is 191 Å². The standard InChI is InChI=1S/C73H116N4O15S/c1-12-14-16-18-20-22-24-26-28-30-32-42-63(79)87-49-53(89-64(80)43-33-31-29-27-25-23-21-19-17-15-13-2)51-93-52-61(77-70(86)88-50-58-56-40-36-34-38-54(56)55-39-35-37-41-57(55)58)67(83)74-48-62(78)75-59(44-46-65(81)90-71(3,4)5)68(84)76-60(69(85)92-73(9,10)11)45-47-66(82)91-72(6,7)8/h34-41,53,58-61H,12-33,42-52H2,1-11H3,(H,74,83)(H,75,78)(H,76,84)(H,77,86)/t53-,59+,60+,61+/m1/s1. The normalized spacial score (nSPS) is 13.5. The summed E-state index contributed by atoms with van der Waals surface area (Å²) in [6.45, 7) is 18.5. The van der Waals surface area contributed by atoms with Crippen LogP contribution < -0.4 is 21.3 Å². The zero-order valence-electron chi connectivity index (χ0n) is 58.4. The maximum Gasteiger partial charge on any atom is 0.407 e. The van der Waals surface area contributed by atoms with E-state index < -0.39 is 101 Å². The molecule has 0 aromatic heterocycles. The lowest BCUT2D eigenvalue weighted by Crippen LogP contribution is -2.55. The van der Waals surface area contributed by atoms with Crippen molar-refractivity contribution in [3.05, 3.63) is 59.7 Å². The highest BCUT2D eigenvalue weighted by molar-refractivity contribution is 7.99. The number of fused-ring (bicyclic) bond motifs is 3. The first kappa shape index (κ1) is 81.1. The van der Waals surface area contributed by atoms with Gasteiger partial charge in [0.15, 0.2) is 0 Å². The van der Waals surface area contributed by atoms with Gasteiger partial charge in [0.05, 0.1) is 6.54 Å². The summed E-state index contributed by atoms with van der Waals surface area (Å²) in [4.78, 5) is 122. The van der Waals surface area contributed by atoms with Crippen LogP contribution in [0.4, 0.5) is 4.79 Å². The highest BCUT2D eigenvalue weighted by Crippen LogP contribution is 2.44. The summed E-state index contributed by atoms with van der Waals surface area (Å²) >= 11 is 1.16. The molecule has 93 heavy (non-hydrogen) atoms. The fraction of sp³-hybridized carbons (Fsp3) is 0.712. The number of thioether (sulfide) groups is 1. The van der Waals surface area contributed by atoms with Crippen LogP contribution in [0.25, 0.3) is 11.1 Å². The molecule has 0 unspecified atom stereocenters. The lowest BCUT2D eigenvalue weighted by atomic mass is 9.98. The van der Waals surface area contributed by atoms with Crippen molar-refractivity contribution in [2.45, 2.75) is 303 Å². The molecule has 0 saturated carbocycles. The minimum Gasteiger partial charge on any atom is -0.462 e. The predicted molar refractivity (Wildman–Crippen MR) is 365 cm³/mol. The molecule has 0 fully saturated rings. The Balaban J connectivity index is 1.81. The van der Waals surface area contributed by atoms with E-state index in [0.29, 0.717) is 12.8 Å². The second-order valence-corrected chi connectivity index (χ2v) is 28.7. The Hall–Kier alpha value is -6.18. The highest BCUT2D eigenvalue weighted by atomic mass is 32.2. The molecule has 0 heterocycles. The van der Waals surface area contributed by atoms with Gasteiger partial charge >= 0.3 is 35.9 Å². The lowest BCUT2D eigenvalue weighted by molar-refractivity contribution is -0.161. The summed E-state index contributed by atoms with van der Waals surface area (Å²) in [5, 5.41) is 10.4. The van der Waals surface area contributed by atoms with Crippen LogP contribution in [0.5, 0.6) is 0 Å². The zero-order chi connectivity index (χ0) is 68.7. The van der Waals surface area contributed by atoms with Crippen LogP contribution in [-0.4, -0.2) is 126 Å². The Morgan fingerprint density at radius 3 is 1.37 bits per heavy atom. The smallest absolute Gasteiger partial charge is 0.407 e. The van der Waals surface area contributed by atoms with E-state index in [4.69, 9.17) is 28.4 Å². The van der Waals surface area contributed by atoms with Crippen molar-refractivity contribution in [3.63, 3.8) is 0 Å². The van der Waals surface area contributed by atoms with Gasteiger partial charge in [-0.3, -0.25) is 33.6 Å². The third kappa shape index (κ3) is 36.9. The van der Waals surface area contributed by atoms with Gasteiger partial charge < -0.3 is 49.7 Å². The summed E-state index contributed by atoms with van der Waals surface area (Å²) in [6, 6.07) is 11.5. The minimum atomic E-state index is -1.47. The van der Waals surface area contributed by atoms with Gasteiger partial charge in [0.2, 0.25) is 17.7 Å². The van der Waals surface area contributed by atoms with E-state index in [1.54, 1.807) is 62.3 Å².